The van der Waals surface area contributed by atoms with Gasteiger partial charge in [-0.15, -0.1) is 0 Å². The minimum absolute atomic E-state index is 0.111. The number of nitro benzene ring substituents is 1. The van der Waals surface area contributed by atoms with Gasteiger partial charge in [0.05, 0.1) is 29.6 Å². The lowest BCUT2D eigenvalue weighted by Crippen LogP contribution is -2.11. The SMILES string of the molecule is COc1cc(C#CCCN)c([N+](=O)[O-])cc1Nc1ncc(Cl)c(Nc2ccccc2P(C)(C)=O)n1. The van der Waals surface area contributed by atoms with Crippen molar-refractivity contribution in [2.24, 2.45) is 5.73 Å². The molecular weight excluding hydrogens is 491 g/mol. The molecule has 0 unspecified atom stereocenters. The van der Waals surface area contributed by atoms with Crippen molar-refractivity contribution < 1.29 is 14.2 Å². The first-order valence-electron chi connectivity index (χ1n) is 10.4. The maximum atomic E-state index is 12.7. The summed E-state index contributed by atoms with van der Waals surface area (Å²) < 4.78 is 18.1. The van der Waals surface area contributed by atoms with Crippen molar-refractivity contribution in [1.82, 2.24) is 9.97 Å². The minimum atomic E-state index is -2.58. The van der Waals surface area contributed by atoms with E-state index in [0.29, 0.717) is 29.7 Å². The van der Waals surface area contributed by atoms with Gasteiger partial charge in [-0.05, 0) is 25.5 Å². The summed E-state index contributed by atoms with van der Waals surface area (Å²) >= 11 is 6.30. The van der Waals surface area contributed by atoms with E-state index in [1.165, 1.54) is 25.4 Å². The van der Waals surface area contributed by atoms with Crippen LogP contribution >= 0.6 is 18.7 Å². The predicted molar refractivity (Wildman–Crippen MR) is 139 cm³/mol. The summed E-state index contributed by atoms with van der Waals surface area (Å²) in [5.41, 5.74) is 6.30. The van der Waals surface area contributed by atoms with Crippen molar-refractivity contribution in [2.75, 3.05) is 37.6 Å². The highest BCUT2D eigenvalue weighted by molar-refractivity contribution is 7.70. The number of aromatic nitrogens is 2. The molecule has 3 aromatic rings. The number of para-hydroxylation sites is 1. The monoisotopic (exact) mass is 514 g/mol. The third-order valence-electron chi connectivity index (χ3n) is 4.73. The lowest BCUT2D eigenvalue weighted by Gasteiger charge is -2.16. The Morgan fingerprint density at radius 3 is 2.63 bits per heavy atom. The Labute approximate surface area is 207 Å². The molecule has 1 heterocycles. The van der Waals surface area contributed by atoms with Gasteiger partial charge in [0, 0.05) is 30.4 Å². The Kier molecular flexibility index (Phi) is 8.30. The lowest BCUT2D eigenvalue weighted by molar-refractivity contribution is -0.385. The quantitative estimate of drug-likeness (QED) is 0.171. The summed E-state index contributed by atoms with van der Waals surface area (Å²) in [5.74, 6) is 6.24. The number of ether oxygens (including phenoxy) is 1. The number of benzene rings is 2. The molecule has 0 radical (unpaired) electrons. The van der Waals surface area contributed by atoms with Gasteiger partial charge in [-0.1, -0.05) is 35.6 Å². The third-order valence-corrected chi connectivity index (χ3v) is 6.56. The average molecular weight is 515 g/mol. The third kappa shape index (κ3) is 6.49. The van der Waals surface area contributed by atoms with Crippen LogP contribution in [-0.4, -0.2) is 41.9 Å². The smallest absolute Gasteiger partial charge is 0.287 e. The van der Waals surface area contributed by atoms with E-state index in [9.17, 15) is 14.7 Å². The second kappa shape index (κ2) is 11.2. The molecule has 2 aromatic carbocycles. The van der Waals surface area contributed by atoms with Crippen LogP contribution in [0, 0.1) is 22.0 Å². The number of anilines is 4. The van der Waals surface area contributed by atoms with Gasteiger partial charge >= 0.3 is 0 Å². The maximum Gasteiger partial charge on any atom is 0.287 e. The average Bonchev–Trinajstić information content (AvgIpc) is 2.81. The van der Waals surface area contributed by atoms with Crippen LogP contribution in [0.4, 0.5) is 28.8 Å². The number of nitrogens with zero attached hydrogens (tertiary/aromatic N) is 3. The van der Waals surface area contributed by atoms with Crippen molar-refractivity contribution in [2.45, 2.75) is 6.42 Å². The van der Waals surface area contributed by atoms with Crippen LogP contribution < -0.4 is 26.4 Å². The maximum absolute atomic E-state index is 12.7. The Hall–Kier alpha value is -3.64. The van der Waals surface area contributed by atoms with Crippen molar-refractivity contribution in [3.05, 3.63) is 63.3 Å². The van der Waals surface area contributed by atoms with Gasteiger partial charge in [0.1, 0.15) is 23.5 Å². The first kappa shape index (κ1) is 26.0. The molecule has 0 spiro atoms. The topological polar surface area (TPSA) is 145 Å². The van der Waals surface area contributed by atoms with Crippen LogP contribution in [0.1, 0.15) is 12.0 Å². The van der Waals surface area contributed by atoms with Gasteiger partial charge < -0.3 is 25.7 Å². The number of nitro groups is 1. The van der Waals surface area contributed by atoms with E-state index in [1.54, 1.807) is 37.6 Å². The van der Waals surface area contributed by atoms with Crippen LogP contribution in [0.15, 0.2) is 42.6 Å². The zero-order chi connectivity index (χ0) is 25.6. The number of methoxy groups -OCH3 is 1. The normalized spacial score (nSPS) is 10.8. The zero-order valence-electron chi connectivity index (χ0n) is 19.3. The largest absolute Gasteiger partial charge is 0.495 e. The summed E-state index contributed by atoms with van der Waals surface area (Å²) in [7, 11) is -1.14. The van der Waals surface area contributed by atoms with Crippen molar-refractivity contribution in [1.29, 1.82) is 0 Å². The van der Waals surface area contributed by atoms with Crippen molar-refractivity contribution in [3.63, 3.8) is 0 Å². The summed E-state index contributed by atoms with van der Waals surface area (Å²) in [6.45, 7) is 3.69. The number of hydrogen-bond acceptors (Lipinski definition) is 9. The molecule has 0 bridgehead atoms. The summed E-state index contributed by atoms with van der Waals surface area (Å²) in [4.78, 5) is 19.7. The Morgan fingerprint density at radius 2 is 1.97 bits per heavy atom. The van der Waals surface area contributed by atoms with E-state index in [4.69, 9.17) is 22.1 Å². The Morgan fingerprint density at radius 1 is 1.23 bits per heavy atom. The molecule has 0 aliphatic rings. The molecule has 0 amide bonds. The molecule has 0 atom stereocenters. The van der Waals surface area contributed by atoms with E-state index in [1.807, 2.05) is 0 Å². The van der Waals surface area contributed by atoms with E-state index < -0.39 is 12.1 Å². The molecule has 4 N–H and O–H groups in total. The molecule has 1 aromatic heterocycles. The van der Waals surface area contributed by atoms with Gasteiger partial charge in [0.15, 0.2) is 5.82 Å². The van der Waals surface area contributed by atoms with E-state index in [2.05, 4.69) is 32.4 Å². The first-order valence-corrected chi connectivity index (χ1v) is 13.4. The van der Waals surface area contributed by atoms with Crippen molar-refractivity contribution >= 4 is 52.9 Å². The number of halogens is 1. The fourth-order valence-electron chi connectivity index (χ4n) is 3.13. The summed E-state index contributed by atoms with van der Waals surface area (Å²) in [5, 5.41) is 18.6. The molecule has 0 aliphatic carbocycles. The molecule has 10 nitrogen and oxygen atoms in total. The number of nitrogens with two attached hydrogens (primary N) is 1. The van der Waals surface area contributed by atoms with Crippen LogP contribution in [0.5, 0.6) is 5.75 Å². The number of hydrogen-bond donors (Lipinski definition) is 3. The Bertz CT molecular complexity index is 1370. The fourth-order valence-corrected chi connectivity index (χ4v) is 4.42. The van der Waals surface area contributed by atoms with Gasteiger partial charge in [0.2, 0.25) is 5.95 Å². The molecule has 0 saturated heterocycles. The standard InChI is InChI=1S/C23H24ClN6O4P/c1-34-20-12-15(8-6-7-11-25)19(30(31)32)13-18(20)28-23-26-14-16(24)22(29-23)27-17-9-4-5-10-21(17)35(2,3)33/h4-5,9-10,12-14H,7,11,25H2,1-3H3,(H2,26,27,28,29). The van der Waals surface area contributed by atoms with Crippen LogP contribution in [0.25, 0.3) is 0 Å². The van der Waals surface area contributed by atoms with Gasteiger partial charge in [-0.3, -0.25) is 10.1 Å². The molecule has 35 heavy (non-hydrogen) atoms. The van der Waals surface area contributed by atoms with E-state index in [0.717, 1.165) is 0 Å². The summed E-state index contributed by atoms with van der Waals surface area (Å²) in [6, 6.07) is 9.93. The molecule has 182 valence electrons. The van der Waals surface area contributed by atoms with Crippen LogP contribution in [-0.2, 0) is 4.57 Å². The minimum Gasteiger partial charge on any atom is -0.495 e. The van der Waals surface area contributed by atoms with Gasteiger partial charge in [0.25, 0.3) is 5.69 Å². The number of nitrogens with one attached hydrogen (secondary N) is 2. The molecular formula is C23H24ClN6O4P. The highest BCUT2D eigenvalue weighted by Crippen LogP contribution is 2.39. The summed E-state index contributed by atoms with van der Waals surface area (Å²) in [6.07, 6.45) is 1.79. The highest BCUT2D eigenvalue weighted by Gasteiger charge is 2.20. The molecule has 12 heteroatoms. The van der Waals surface area contributed by atoms with E-state index >= 15 is 0 Å². The molecule has 0 aliphatic heterocycles. The Balaban J connectivity index is 1.98. The molecule has 3 rings (SSSR count). The number of rotatable bonds is 8. The molecule has 0 fully saturated rings. The predicted octanol–water partition coefficient (Wildman–Crippen LogP) is 4.48. The second-order valence-corrected chi connectivity index (χ2v) is 11.3. The van der Waals surface area contributed by atoms with E-state index in [-0.39, 0.29) is 33.7 Å². The lowest BCUT2D eigenvalue weighted by atomic mass is 10.1. The van der Waals surface area contributed by atoms with Crippen molar-refractivity contribution in [3.8, 4) is 17.6 Å². The highest BCUT2D eigenvalue weighted by atomic mass is 35.5. The van der Waals surface area contributed by atoms with Gasteiger partial charge in [-0.2, -0.15) is 4.98 Å². The van der Waals surface area contributed by atoms with Crippen LogP contribution in [0.2, 0.25) is 5.02 Å². The molecule has 0 saturated carbocycles. The zero-order valence-corrected chi connectivity index (χ0v) is 21.0. The first-order chi connectivity index (χ1) is 16.6. The second-order valence-electron chi connectivity index (χ2n) is 7.68. The fraction of sp³-hybridized carbons (Fsp3) is 0.217. The van der Waals surface area contributed by atoms with Gasteiger partial charge in [-0.25, -0.2) is 4.98 Å². The van der Waals surface area contributed by atoms with Crippen LogP contribution in [0.3, 0.4) is 0 Å².